The molecule has 4 aromatic heterocycles. The van der Waals surface area contributed by atoms with Gasteiger partial charge in [-0.25, -0.2) is 9.97 Å². The van der Waals surface area contributed by atoms with Crippen molar-refractivity contribution in [1.82, 2.24) is 29.5 Å². The molecule has 32 heavy (non-hydrogen) atoms. The fourth-order valence-electron chi connectivity index (χ4n) is 3.43. The molecular formula is C22H22N8O2. The molecule has 0 unspecified atom stereocenters. The molecule has 0 atom stereocenters. The lowest BCUT2D eigenvalue weighted by Crippen LogP contribution is -2.25. The number of rotatable bonds is 6. The van der Waals surface area contributed by atoms with Gasteiger partial charge in [0.25, 0.3) is 11.5 Å². The lowest BCUT2D eigenvalue weighted by molar-refractivity contribution is 0.0952. The summed E-state index contributed by atoms with van der Waals surface area (Å²) in [7, 11) is 1.75. The molecule has 1 aliphatic rings. The summed E-state index contributed by atoms with van der Waals surface area (Å²) >= 11 is 0. The largest absolute Gasteiger partial charge is 0.373 e. The van der Waals surface area contributed by atoms with Crippen molar-refractivity contribution in [1.29, 1.82) is 0 Å². The molecule has 10 nitrogen and oxygen atoms in total. The van der Waals surface area contributed by atoms with E-state index in [2.05, 4.69) is 31.0 Å². The van der Waals surface area contributed by atoms with Crippen LogP contribution in [0, 0.1) is 6.92 Å². The van der Waals surface area contributed by atoms with Crippen molar-refractivity contribution >= 4 is 28.9 Å². The number of pyridine rings is 2. The summed E-state index contributed by atoms with van der Waals surface area (Å²) in [5, 5.41) is 13.4. The predicted octanol–water partition coefficient (Wildman–Crippen LogP) is 2.26. The van der Waals surface area contributed by atoms with E-state index in [-0.39, 0.29) is 17.5 Å². The molecule has 0 aromatic carbocycles. The average Bonchev–Trinajstić information content (AvgIpc) is 3.49. The summed E-state index contributed by atoms with van der Waals surface area (Å²) in [4.78, 5) is 34.7. The Balaban J connectivity index is 1.53. The molecule has 0 saturated heterocycles. The minimum Gasteiger partial charge on any atom is -0.373 e. The Hall–Kier alpha value is -4.21. The van der Waals surface area contributed by atoms with E-state index in [0.717, 1.165) is 18.5 Å². The molecule has 10 heteroatoms. The smallest absolute Gasteiger partial charge is 0.279 e. The monoisotopic (exact) mass is 430 g/mol. The Labute approximate surface area is 183 Å². The highest BCUT2D eigenvalue weighted by Gasteiger charge is 2.26. The van der Waals surface area contributed by atoms with Gasteiger partial charge in [0.2, 0.25) is 0 Å². The quantitative estimate of drug-likeness (QED) is 0.429. The Morgan fingerprint density at radius 1 is 1.16 bits per heavy atom. The van der Waals surface area contributed by atoms with Gasteiger partial charge in [-0.2, -0.15) is 9.61 Å². The van der Waals surface area contributed by atoms with Crippen LogP contribution in [-0.2, 0) is 0 Å². The van der Waals surface area contributed by atoms with Crippen LogP contribution in [-0.4, -0.2) is 43.1 Å². The van der Waals surface area contributed by atoms with E-state index in [4.69, 9.17) is 0 Å². The van der Waals surface area contributed by atoms with Gasteiger partial charge in [-0.15, -0.1) is 0 Å². The van der Waals surface area contributed by atoms with Gasteiger partial charge in [0.15, 0.2) is 5.65 Å². The summed E-state index contributed by atoms with van der Waals surface area (Å²) in [6, 6.07) is 10.9. The number of amides is 1. The van der Waals surface area contributed by atoms with Crippen LogP contribution in [0.1, 0.15) is 28.9 Å². The molecule has 4 heterocycles. The highest BCUT2D eigenvalue weighted by atomic mass is 16.2. The summed E-state index contributed by atoms with van der Waals surface area (Å²) in [6.45, 7) is 1.87. The van der Waals surface area contributed by atoms with Gasteiger partial charge in [-0.1, -0.05) is 6.07 Å². The van der Waals surface area contributed by atoms with Crippen molar-refractivity contribution in [3.8, 4) is 5.82 Å². The number of aromatic nitrogens is 5. The predicted molar refractivity (Wildman–Crippen MR) is 121 cm³/mol. The highest BCUT2D eigenvalue weighted by molar-refractivity contribution is 6.00. The first-order valence-electron chi connectivity index (χ1n) is 10.3. The van der Waals surface area contributed by atoms with Crippen molar-refractivity contribution < 1.29 is 4.79 Å². The van der Waals surface area contributed by atoms with Gasteiger partial charge < -0.3 is 16.0 Å². The molecule has 162 valence electrons. The number of hydrogen-bond donors (Lipinski definition) is 3. The number of nitrogens with one attached hydrogen (secondary N) is 3. The van der Waals surface area contributed by atoms with Gasteiger partial charge in [0.1, 0.15) is 28.7 Å². The fraction of sp³-hybridized carbons (Fsp3) is 0.227. The molecule has 0 bridgehead atoms. The molecule has 1 fully saturated rings. The van der Waals surface area contributed by atoms with E-state index in [1.54, 1.807) is 42.0 Å². The third kappa shape index (κ3) is 3.66. The average molecular weight is 430 g/mol. The molecule has 4 aromatic rings. The number of anilines is 3. The normalized spacial score (nSPS) is 13.2. The van der Waals surface area contributed by atoms with Crippen molar-refractivity contribution in [2.75, 3.05) is 17.7 Å². The van der Waals surface area contributed by atoms with Crippen LogP contribution in [0.15, 0.2) is 53.6 Å². The Morgan fingerprint density at radius 2 is 2.00 bits per heavy atom. The molecule has 0 radical (unpaired) electrons. The van der Waals surface area contributed by atoms with E-state index in [1.807, 2.05) is 19.1 Å². The lowest BCUT2D eigenvalue weighted by atomic mass is 10.3. The van der Waals surface area contributed by atoms with Gasteiger partial charge in [0, 0.05) is 31.0 Å². The maximum absolute atomic E-state index is 13.1. The van der Waals surface area contributed by atoms with Crippen LogP contribution in [0.5, 0.6) is 0 Å². The topological polar surface area (TPSA) is 118 Å². The third-order valence-electron chi connectivity index (χ3n) is 5.22. The summed E-state index contributed by atoms with van der Waals surface area (Å²) in [6.07, 6.45) is 5.15. The van der Waals surface area contributed by atoms with Crippen molar-refractivity contribution in [3.05, 3.63) is 70.4 Å². The third-order valence-corrected chi connectivity index (χ3v) is 5.22. The number of aryl methyl sites for hydroxylation is 1. The Bertz CT molecular complexity index is 1390. The first kappa shape index (κ1) is 19.7. The van der Waals surface area contributed by atoms with Crippen LogP contribution in [0.2, 0.25) is 0 Å². The maximum atomic E-state index is 13.1. The van der Waals surface area contributed by atoms with Crippen LogP contribution in [0.4, 0.5) is 17.3 Å². The number of carbonyl (C=O) groups is 1. The molecule has 1 saturated carbocycles. The second kappa shape index (κ2) is 7.80. The first-order chi connectivity index (χ1) is 15.5. The molecule has 0 spiro atoms. The van der Waals surface area contributed by atoms with Crippen LogP contribution < -0.4 is 21.5 Å². The second-order valence-electron chi connectivity index (χ2n) is 7.68. The standard InChI is InChI=1S/C22H22N8O2/c1-13-5-3-7-18(25-13)29-10-4-6-16(22(29)32)27-17-11-19(23-2)30-20(28-17)15(12-24-30)21(31)26-14-8-9-14/h3-7,10-12,14,23H,8-9H2,1-2H3,(H,26,31)(H,27,28). The van der Waals surface area contributed by atoms with E-state index in [1.165, 1.54) is 10.8 Å². The minimum atomic E-state index is -0.265. The zero-order chi connectivity index (χ0) is 22.2. The van der Waals surface area contributed by atoms with E-state index >= 15 is 0 Å². The van der Waals surface area contributed by atoms with Gasteiger partial charge in [0.05, 0.1) is 6.20 Å². The molecule has 5 rings (SSSR count). The van der Waals surface area contributed by atoms with Crippen LogP contribution in [0.3, 0.4) is 0 Å². The van der Waals surface area contributed by atoms with Crippen LogP contribution >= 0.6 is 0 Å². The number of hydrogen-bond acceptors (Lipinski definition) is 7. The molecular weight excluding hydrogens is 408 g/mol. The number of carbonyl (C=O) groups excluding carboxylic acids is 1. The van der Waals surface area contributed by atoms with Gasteiger partial charge in [-0.05, 0) is 44.0 Å². The van der Waals surface area contributed by atoms with Gasteiger partial charge >= 0.3 is 0 Å². The molecule has 1 aliphatic carbocycles. The Morgan fingerprint density at radius 3 is 2.75 bits per heavy atom. The zero-order valence-electron chi connectivity index (χ0n) is 17.7. The van der Waals surface area contributed by atoms with E-state index in [0.29, 0.717) is 34.4 Å². The fourth-order valence-corrected chi connectivity index (χ4v) is 3.43. The summed E-state index contributed by atoms with van der Waals surface area (Å²) in [5.74, 6) is 1.36. The van der Waals surface area contributed by atoms with Crippen molar-refractivity contribution in [2.24, 2.45) is 0 Å². The molecule has 0 aliphatic heterocycles. The first-order valence-corrected chi connectivity index (χ1v) is 10.3. The second-order valence-corrected chi connectivity index (χ2v) is 7.68. The molecule has 1 amide bonds. The molecule has 3 N–H and O–H groups in total. The minimum absolute atomic E-state index is 0.207. The maximum Gasteiger partial charge on any atom is 0.279 e. The SMILES string of the molecule is CNc1cc(Nc2cccn(-c3cccc(C)n3)c2=O)nc2c(C(=O)NC3CC3)cnn12. The van der Waals surface area contributed by atoms with Gasteiger partial charge in [-0.3, -0.25) is 14.2 Å². The van der Waals surface area contributed by atoms with E-state index in [9.17, 15) is 9.59 Å². The summed E-state index contributed by atoms with van der Waals surface area (Å²) in [5.41, 5.74) is 1.66. The summed E-state index contributed by atoms with van der Waals surface area (Å²) < 4.78 is 3.03. The van der Waals surface area contributed by atoms with Crippen LogP contribution in [0.25, 0.3) is 11.5 Å². The van der Waals surface area contributed by atoms with E-state index < -0.39 is 0 Å². The van der Waals surface area contributed by atoms with Crippen molar-refractivity contribution in [3.63, 3.8) is 0 Å². The number of fused-ring (bicyclic) bond motifs is 1. The zero-order valence-corrected chi connectivity index (χ0v) is 17.7. The Kier molecular flexibility index (Phi) is 4.81. The highest BCUT2D eigenvalue weighted by Crippen LogP contribution is 2.23. The number of nitrogens with zero attached hydrogens (tertiary/aromatic N) is 5. The lowest BCUT2D eigenvalue weighted by Gasteiger charge is -2.12. The van der Waals surface area contributed by atoms with Crippen molar-refractivity contribution in [2.45, 2.75) is 25.8 Å².